The number of fused-ring (bicyclic) bond motifs is 3. The van der Waals surface area contributed by atoms with Crippen LogP contribution in [-0.4, -0.2) is 21.1 Å². The molecule has 0 radical (unpaired) electrons. The second kappa shape index (κ2) is 9.21. The van der Waals surface area contributed by atoms with Crippen LogP contribution in [-0.2, 0) is 0 Å². The first-order valence-electron chi connectivity index (χ1n) is 9.42. The molecule has 3 aromatic carbocycles. The molecule has 0 fully saturated rings. The van der Waals surface area contributed by atoms with Gasteiger partial charge in [-0.05, 0) is 18.2 Å². The van der Waals surface area contributed by atoms with E-state index in [2.05, 4.69) is 4.98 Å². The van der Waals surface area contributed by atoms with E-state index in [1.807, 2.05) is 91.0 Å². The van der Waals surface area contributed by atoms with Crippen LogP contribution >= 0.6 is 17.8 Å². The Hall–Kier alpha value is -2.34. The smallest absolute Gasteiger partial charge is 0.250 e. The molecule has 5 rings (SSSR count). The van der Waals surface area contributed by atoms with Crippen molar-refractivity contribution >= 4 is 62.9 Å². The summed E-state index contributed by atoms with van der Waals surface area (Å²) in [5.41, 5.74) is 1.39. The molecule has 2 aromatic heterocycles. The van der Waals surface area contributed by atoms with Gasteiger partial charge in [0.1, 0.15) is 5.52 Å². The van der Waals surface area contributed by atoms with E-state index in [9.17, 15) is 5.21 Å². The number of benzene rings is 3. The van der Waals surface area contributed by atoms with Crippen molar-refractivity contribution in [2.45, 2.75) is 0 Å². The van der Waals surface area contributed by atoms with Crippen LogP contribution in [0.25, 0.3) is 21.8 Å². The topological polar surface area (TPSA) is 39.8 Å². The molecule has 5 aromatic rings. The maximum absolute atomic E-state index is 11.7. The van der Waals surface area contributed by atoms with E-state index in [0.717, 1.165) is 28.2 Å². The van der Waals surface area contributed by atoms with Gasteiger partial charge in [-0.3, -0.25) is 0 Å². The summed E-state index contributed by atoms with van der Waals surface area (Å²) in [7, 11) is 13.1. The third-order valence-corrected chi connectivity index (χ3v) is 16.7. The first-order chi connectivity index (χ1) is 14.6. The molecular weight excluding hydrogens is 522 g/mol. The van der Waals surface area contributed by atoms with Gasteiger partial charge in [0.25, 0.3) is 0 Å². The fraction of sp³-hybridized carbons (Fsp3) is 0. The normalized spacial score (nSPS) is 11.1. The van der Waals surface area contributed by atoms with Crippen LogP contribution in [0.2, 0.25) is 0 Å². The summed E-state index contributed by atoms with van der Waals surface area (Å²) in [6.07, 6.45) is 3.20. The van der Waals surface area contributed by atoms with Crippen molar-refractivity contribution in [2.24, 2.45) is 0 Å². The molecule has 0 atom stereocenters. The molecule has 6 heteroatoms. The van der Waals surface area contributed by atoms with Gasteiger partial charge in [-0.15, -0.1) is 0 Å². The van der Waals surface area contributed by atoms with Gasteiger partial charge in [-0.2, -0.15) is 4.73 Å². The van der Waals surface area contributed by atoms with Crippen molar-refractivity contribution in [3.63, 3.8) is 0 Å². The summed E-state index contributed by atoms with van der Waals surface area (Å²) >= 11 is -3.30. The largest absolute Gasteiger partial charge is 0.618 e. The Labute approximate surface area is 186 Å². The van der Waals surface area contributed by atoms with E-state index in [1.165, 1.54) is 6.20 Å². The van der Waals surface area contributed by atoms with Gasteiger partial charge in [0.15, 0.2) is 6.20 Å². The maximum atomic E-state index is 11.7. The number of nitrogens with zero attached hydrogens (tertiary/aromatic N) is 2. The quantitative estimate of drug-likeness (QED) is 0.141. The first kappa shape index (κ1) is 20.9. The first-order valence-corrected chi connectivity index (χ1v) is 19.5. The SMILES string of the molecule is [Cl][Sn]([Cl])([c]1ccccc1)[c]1ccccc1.[O-][n+]1cccc2ccc3cccnc3c21. The summed E-state index contributed by atoms with van der Waals surface area (Å²) < 4.78 is 3.06. The molecule has 0 N–H and O–H groups in total. The summed E-state index contributed by atoms with van der Waals surface area (Å²) in [4.78, 5) is 4.25. The minimum atomic E-state index is -3.30. The van der Waals surface area contributed by atoms with Crippen molar-refractivity contribution in [1.82, 2.24) is 4.98 Å². The summed E-state index contributed by atoms with van der Waals surface area (Å²) in [5, 5.41) is 13.6. The third-order valence-electron chi connectivity index (χ3n) is 4.77. The van der Waals surface area contributed by atoms with Gasteiger partial charge < -0.3 is 5.21 Å². The monoisotopic (exact) mass is 540 g/mol. The zero-order valence-electron chi connectivity index (χ0n) is 16.0. The molecule has 0 aliphatic heterocycles. The van der Waals surface area contributed by atoms with Crippen LogP contribution in [0.1, 0.15) is 0 Å². The van der Waals surface area contributed by atoms with E-state index < -0.39 is 16.1 Å². The van der Waals surface area contributed by atoms with Gasteiger partial charge in [-0.25, -0.2) is 4.98 Å². The van der Waals surface area contributed by atoms with Crippen molar-refractivity contribution in [3.05, 3.63) is 115 Å². The average Bonchev–Trinajstić information content (AvgIpc) is 2.80. The fourth-order valence-electron chi connectivity index (χ4n) is 3.27. The Balaban J connectivity index is 0.000000145. The van der Waals surface area contributed by atoms with Crippen molar-refractivity contribution < 1.29 is 4.73 Å². The molecule has 0 spiro atoms. The van der Waals surface area contributed by atoms with Gasteiger partial charge in [0.05, 0.1) is 5.39 Å². The molecule has 2 heterocycles. The number of pyridine rings is 2. The number of aromatic nitrogens is 2. The maximum Gasteiger partial charge on any atom is 0.250 e. The van der Waals surface area contributed by atoms with Gasteiger partial charge in [0, 0.05) is 17.6 Å². The van der Waals surface area contributed by atoms with Crippen LogP contribution in [0.4, 0.5) is 0 Å². The van der Waals surface area contributed by atoms with Crippen molar-refractivity contribution in [2.75, 3.05) is 0 Å². The molecule has 3 nitrogen and oxygen atoms in total. The van der Waals surface area contributed by atoms with E-state index in [-0.39, 0.29) is 0 Å². The summed E-state index contributed by atoms with van der Waals surface area (Å²) in [5.74, 6) is 0. The Morgan fingerprint density at radius 2 is 1.23 bits per heavy atom. The zero-order chi connectivity index (χ0) is 21.0. The molecule has 0 amide bonds. The third kappa shape index (κ3) is 4.38. The number of rotatable bonds is 2. The number of hydrogen-bond donors (Lipinski definition) is 0. The average molecular weight is 540 g/mol. The molecule has 0 aliphatic carbocycles. The Morgan fingerprint density at radius 1 is 0.667 bits per heavy atom. The zero-order valence-corrected chi connectivity index (χ0v) is 20.3. The molecular formula is C24H18Cl2N2OSn. The molecule has 0 aliphatic rings. The van der Waals surface area contributed by atoms with E-state index in [4.69, 9.17) is 17.8 Å². The van der Waals surface area contributed by atoms with E-state index >= 15 is 0 Å². The summed E-state index contributed by atoms with van der Waals surface area (Å²) in [6, 6.07) is 31.3. The number of hydrogen-bond acceptors (Lipinski definition) is 2. The second-order valence-electron chi connectivity index (χ2n) is 6.72. The molecule has 0 bridgehead atoms. The second-order valence-corrected chi connectivity index (χ2v) is 22.2. The minimum Gasteiger partial charge on any atom is -0.618 e. The Kier molecular flexibility index (Phi) is 6.42. The minimum absolute atomic E-state index is 0.635. The van der Waals surface area contributed by atoms with Crippen molar-refractivity contribution in [1.29, 1.82) is 0 Å². The van der Waals surface area contributed by atoms with Crippen LogP contribution in [0.5, 0.6) is 0 Å². The standard InChI is InChI=1S/C12H8N2O.2C6H5.2ClH.Sn/c15-14-8-2-4-10-6-5-9-3-1-7-13-11(9)12(10)14;2*1-2-4-6-5-3-1;;;/h1-8H;2*1-5H;2*1H;/q;;;;;+2/p-2. The number of halogens is 2. The predicted octanol–water partition coefficient (Wildman–Crippen LogP) is 4.74. The van der Waals surface area contributed by atoms with Gasteiger partial charge >= 0.3 is 102 Å². The van der Waals surface area contributed by atoms with E-state index in [0.29, 0.717) is 5.52 Å². The summed E-state index contributed by atoms with van der Waals surface area (Å²) in [6.45, 7) is 0. The van der Waals surface area contributed by atoms with Gasteiger partial charge in [0.2, 0.25) is 5.52 Å². The predicted molar refractivity (Wildman–Crippen MR) is 128 cm³/mol. The molecule has 148 valence electrons. The Morgan fingerprint density at radius 3 is 1.87 bits per heavy atom. The molecule has 0 saturated carbocycles. The van der Waals surface area contributed by atoms with Crippen LogP contribution < -0.4 is 11.9 Å². The van der Waals surface area contributed by atoms with E-state index in [1.54, 1.807) is 12.3 Å². The molecule has 0 unspecified atom stereocenters. The van der Waals surface area contributed by atoms with Crippen LogP contribution in [0.3, 0.4) is 0 Å². The fourth-order valence-corrected chi connectivity index (χ4v) is 11.1. The van der Waals surface area contributed by atoms with Gasteiger partial charge in [-0.1, -0.05) is 12.1 Å². The Bertz CT molecular complexity index is 1240. The van der Waals surface area contributed by atoms with Crippen LogP contribution in [0.15, 0.2) is 109 Å². The molecule has 0 saturated heterocycles. The molecule has 30 heavy (non-hydrogen) atoms. The van der Waals surface area contributed by atoms with Crippen LogP contribution in [0, 0.1) is 5.21 Å². The van der Waals surface area contributed by atoms with Crippen molar-refractivity contribution in [3.8, 4) is 0 Å².